The van der Waals surface area contributed by atoms with Crippen LogP contribution in [-0.2, 0) is 41.5 Å². The van der Waals surface area contributed by atoms with Gasteiger partial charge >= 0.3 is 53.1 Å². The van der Waals surface area contributed by atoms with Crippen molar-refractivity contribution in [3.8, 4) is 11.1 Å². The van der Waals surface area contributed by atoms with Crippen LogP contribution in [0.15, 0.2) is 60.7 Å². The molecule has 2 aliphatic carbocycles. The Morgan fingerprint density at radius 3 is 1.82 bits per heavy atom. The van der Waals surface area contributed by atoms with E-state index in [1.54, 1.807) is 27.4 Å². The predicted molar refractivity (Wildman–Crippen MR) is 136 cm³/mol. The number of fused-ring (bicyclic) bond motifs is 3. The van der Waals surface area contributed by atoms with Crippen LogP contribution in [0.5, 0.6) is 0 Å². The van der Waals surface area contributed by atoms with E-state index in [4.69, 9.17) is 0 Å². The molecule has 3 heteroatoms. The van der Waals surface area contributed by atoms with Crippen LogP contribution in [-0.4, -0.2) is 3.21 Å². The van der Waals surface area contributed by atoms with E-state index in [1.165, 1.54) is 59.1 Å². The molecule has 0 amide bonds. The van der Waals surface area contributed by atoms with Gasteiger partial charge in [-0.2, -0.15) is 42.0 Å². The number of hydrogen-bond acceptors (Lipinski definition) is 0. The van der Waals surface area contributed by atoms with E-state index < -0.39 is 0 Å². The second kappa shape index (κ2) is 13.4. The molecule has 0 nitrogen and oxygen atoms in total. The molecule has 0 aliphatic heterocycles. The zero-order valence-corrected chi connectivity index (χ0v) is 25.5. The molecule has 3 aromatic rings. The van der Waals surface area contributed by atoms with E-state index in [0.29, 0.717) is 0 Å². The van der Waals surface area contributed by atoms with Gasteiger partial charge in [0.05, 0.1) is 0 Å². The van der Waals surface area contributed by atoms with Crippen molar-refractivity contribution < 1.29 is 49.0 Å². The Balaban J connectivity index is 0.000000367. The molecule has 0 unspecified atom stereocenters. The Morgan fingerprint density at radius 2 is 1.38 bits per heavy atom. The van der Waals surface area contributed by atoms with Crippen molar-refractivity contribution in [3.05, 3.63) is 89.0 Å². The Labute approximate surface area is 235 Å². The van der Waals surface area contributed by atoms with Gasteiger partial charge in [0.1, 0.15) is 0 Å². The Bertz CT molecular complexity index is 948. The minimum absolute atomic E-state index is 0. The topological polar surface area (TPSA) is 0 Å². The van der Waals surface area contributed by atoms with Crippen molar-refractivity contribution in [2.75, 3.05) is 0 Å². The second-order valence-electron chi connectivity index (χ2n) is 11.1. The van der Waals surface area contributed by atoms with E-state index in [2.05, 4.69) is 77.9 Å². The van der Waals surface area contributed by atoms with Gasteiger partial charge in [0, 0.05) is 0 Å². The third-order valence-corrected chi connectivity index (χ3v) is 7.46. The summed E-state index contributed by atoms with van der Waals surface area (Å²) in [6.07, 6.45) is 6.86. The van der Waals surface area contributed by atoms with Crippen LogP contribution in [0, 0.1) is 6.07 Å². The summed E-state index contributed by atoms with van der Waals surface area (Å²) in [6, 6.07) is 25.2. The van der Waals surface area contributed by atoms with Crippen LogP contribution in [0.4, 0.5) is 0 Å². The Kier molecular flexibility index (Phi) is 12.3. The van der Waals surface area contributed by atoms with Crippen molar-refractivity contribution in [2.24, 2.45) is 0 Å². The normalized spacial score (nSPS) is 13.8. The molecule has 0 radical (unpaired) electrons. The van der Waals surface area contributed by atoms with Crippen molar-refractivity contribution in [1.82, 2.24) is 0 Å². The molecule has 0 saturated heterocycles. The van der Waals surface area contributed by atoms with Crippen LogP contribution in [0.1, 0.15) is 89.5 Å². The first-order valence-corrected chi connectivity index (χ1v) is 13.2. The first-order valence-electron chi connectivity index (χ1n) is 12.0. The van der Waals surface area contributed by atoms with Gasteiger partial charge in [-0.1, -0.05) is 65.3 Å². The number of halogens is 2. The van der Waals surface area contributed by atoms with Gasteiger partial charge in [-0.05, 0) is 28.4 Å². The minimum Gasteiger partial charge on any atom is -0.214 e. The molecule has 0 N–H and O–H groups in total. The maximum absolute atomic E-state index is 3.67. The van der Waals surface area contributed by atoms with E-state index in [9.17, 15) is 0 Å². The monoisotopic (exact) mass is 570 g/mol. The molecule has 0 heterocycles. The molecule has 3 aromatic carbocycles. The van der Waals surface area contributed by atoms with Gasteiger partial charge in [0.25, 0.3) is 0 Å². The van der Waals surface area contributed by atoms with Gasteiger partial charge in [-0.15, -0.1) is 11.1 Å². The van der Waals surface area contributed by atoms with Crippen LogP contribution in [0.3, 0.4) is 0 Å². The zero-order valence-electron chi connectivity index (χ0n) is 21.6. The summed E-state index contributed by atoms with van der Waals surface area (Å²) in [5.41, 5.74) is 8.70. The minimum atomic E-state index is 0. The van der Waals surface area contributed by atoms with Gasteiger partial charge in [0.15, 0.2) is 0 Å². The molecule has 0 aromatic heterocycles. The summed E-state index contributed by atoms with van der Waals surface area (Å²) in [6.45, 7) is 13.6. The summed E-state index contributed by atoms with van der Waals surface area (Å²) < 4.78 is 1.79. The average Bonchev–Trinajstić information content (AvgIpc) is 3.48. The predicted octanol–water partition coefficient (Wildman–Crippen LogP) is 2.35. The Morgan fingerprint density at radius 1 is 0.794 bits per heavy atom. The van der Waals surface area contributed by atoms with Crippen molar-refractivity contribution >= 4 is 3.21 Å². The van der Waals surface area contributed by atoms with E-state index in [1.807, 2.05) is 30.3 Å². The molecule has 1 saturated carbocycles. The first-order chi connectivity index (χ1) is 15.1. The van der Waals surface area contributed by atoms with Crippen molar-refractivity contribution in [2.45, 2.75) is 84.5 Å². The summed E-state index contributed by atoms with van der Waals surface area (Å²) in [7, 11) is 0. The van der Waals surface area contributed by atoms with E-state index in [0.717, 1.165) is 6.42 Å². The quantitative estimate of drug-likeness (QED) is 0.284. The molecule has 0 spiro atoms. The van der Waals surface area contributed by atoms with Gasteiger partial charge < -0.3 is 24.8 Å². The molecule has 1 fully saturated rings. The smallest absolute Gasteiger partial charge is 0.172 e. The van der Waals surface area contributed by atoms with E-state index >= 15 is 0 Å². The van der Waals surface area contributed by atoms with Crippen LogP contribution in [0.25, 0.3) is 11.1 Å². The molecule has 0 atom stereocenters. The third kappa shape index (κ3) is 8.65. The summed E-state index contributed by atoms with van der Waals surface area (Å²) >= 11 is 1.68. The zero-order chi connectivity index (χ0) is 23.4. The number of benzene rings is 2. The van der Waals surface area contributed by atoms with Gasteiger partial charge in [-0.25, -0.2) is 12.1 Å². The first kappa shape index (κ1) is 31.2. The fraction of sp³-hybridized carbons (Fsp3) is 0.419. The molecule has 2 aliphatic rings. The standard InChI is InChI=1S/C21H25.C5H8.C5H5.2ClH.Zr/c1-20(2,3)16-7-9-18-14(12-16)11-15-13-17(21(4,5)6)8-10-19(15)18;2*1-2-4-5-3-1;;;/h7-10,12H,11H2,1-6H3;1-4H2;1-5H;2*1H;/q-1;;-1;;;+2/p-2. The summed E-state index contributed by atoms with van der Waals surface area (Å²) in [4.78, 5) is 0. The summed E-state index contributed by atoms with van der Waals surface area (Å²) in [5, 5.41) is 0. The molecule has 0 bridgehead atoms. The molecular formula is C31H38Cl2Zr-2. The van der Waals surface area contributed by atoms with Crippen LogP contribution < -0.4 is 24.8 Å². The van der Waals surface area contributed by atoms with Gasteiger partial charge in [0.2, 0.25) is 0 Å². The number of hydrogen-bond donors (Lipinski definition) is 0. The second-order valence-corrected chi connectivity index (χ2v) is 12.8. The van der Waals surface area contributed by atoms with E-state index in [-0.39, 0.29) is 35.6 Å². The number of rotatable bonds is 0. The van der Waals surface area contributed by atoms with Crippen molar-refractivity contribution in [3.63, 3.8) is 0 Å². The maximum Gasteiger partial charge on any atom is -0.172 e. The van der Waals surface area contributed by atoms with Crippen LogP contribution >= 0.6 is 0 Å². The average molecular weight is 573 g/mol. The van der Waals surface area contributed by atoms with Gasteiger partial charge in [-0.3, -0.25) is 0 Å². The molecule has 5 rings (SSSR count). The fourth-order valence-corrected chi connectivity index (χ4v) is 5.02. The molecule has 34 heavy (non-hydrogen) atoms. The fourth-order valence-electron chi connectivity index (χ4n) is 4.15. The largest absolute Gasteiger partial charge is 0.214 e. The third-order valence-electron chi connectivity index (χ3n) is 6.23. The maximum atomic E-state index is 3.67. The molecule has 182 valence electrons. The SMILES string of the molecule is CC(C)(C)c1[c-]c2c(cc1)-c1ccc(C(C)(C)C)cc1C2.[Cl-].[Cl-].[Zr+2]=[C]1CCCC1.c1cc[cH-]c1. The Hall–Kier alpha value is -0.877. The summed E-state index contributed by atoms with van der Waals surface area (Å²) in [5.74, 6) is 0. The van der Waals surface area contributed by atoms with Crippen LogP contribution in [0.2, 0.25) is 0 Å². The molecular weight excluding hydrogens is 534 g/mol. The van der Waals surface area contributed by atoms with Crippen molar-refractivity contribution in [1.29, 1.82) is 0 Å².